The molecule has 0 fully saturated rings. The van der Waals surface area contributed by atoms with Gasteiger partial charge in [-0.05, 0) is 26.3 Å². The van der Waals surface area contributed by atoms with Crippen molar-refractivity contribution in [3.63, 3.8) is 0 Å². The molecule has 2 rings (SSSR count). The van der Waals surface area contributed by atoms with Crippen molar-refractivity contribution in [1.29, 1.82) is 0 Å². The fourth-order valence-electron chi connectivity index (χ4n) is 1.92. The van der Waals surface area contributed by atoms with Crippen molar-refractivity contribution in [2.24, 2.45) is 0 Å². The molecule has 8 heteroatoms. The van der Waals surface area contributed by atoms with Crippen LogP contribution in [0.1, 0.15) is 24.7 Å². The lowest BCUT2D eigenvalue weighted by atomic mass is 10.3. The number of hydrogen-bond donors (Lipinski definition) is 1. The molecule has 21 heavy (non-hydrogen) atoms. The maximum atomic E-state index is 11.2. The average molecular weight is 310 g/mol. The highest BCUT2D eigenvalue weighted by Crippen LogP contribution is 2.27. The van der Waals surface area contributed by atoms with Gasteiger partial charge in [-0.25, -0.2) is 9.67 Å². The standard InChI is InChI=1S/C13H16ClN5O2/c1-4-7-15-11-6-5-10(19(20)21)13(16-11)18-9(3)12(14)8(2)17-18/h5-6H,4,7H2,1-3H3,(H,15,16). The zero-order valence-corrected chi connectivity index (χ0v) is 12.8. The molecule has 0 aliphatic carbocycles. The molecule has 112 valence electrons. The second-order valence-corrected chi connectivity index (χ2v) is 5.00. The van der Waals surface area contributed by atoms with E-state index in [4.69, 9.17) is 11.6 Å². The number of halogens is 1. The molecule has 0 spiro atoms. The van der Waals surface area contributed by atoms with E-state index in [9.17, 15) is 10.1 Å². The van der Waals surface area contributed by atoms with E-state index in [1.807, 2.05) is 6.92 Å². The number of nitro groups is 1. The van der Waals surface area contributed by atoms with E-state index in [-0.39, 0.29) is 11.5 Å². The maximum Gasteiger partial charge on any atom is 0.313 e. The first-order valence-corrected chi connectivity index (χ1v) is 6.95. The van der Waals surface area contributed by atoms with Crippen LogP contribution in [0.15, 0.2) is 12.1 Å². The minimum Gasteiger partial charge on any atom is -0.370 e. The highest BCUT2D eigenvalue weighted by Gasteiger charge is 2.22. The molecule has 0 unspecified atom stereocenters. The molecule has 2 aromatic rings. The highest BCUT2D eigenvalue weighted by molar-refractivity contribution is 6.31. The summed E-state index contributed by atoms with van der Waals surface area (Å²) in [6.07, 6.45) is 0.930. The lowest BCUT2D eigenvalue weighted by Crippen LogP contribution is -2.09. The Hall–Kier alpha value is -2.15. The van der Waals surface area contributed by atoms with Crippen LogP contribution in [0.2, 0.25) is 5.02 Å². The third-order valence-corrected chi connectivity index (χ3v) is 3.56. The Balaban J connectivity index is 2.57. The molecule has 1 N–H and O–H groups in total. The summed E-state index contributed by atoms with van der Waals surface area (Å²) in [7, 11) is 0. The summed E-state index contributed by atoms with van der Waals surface area (Å²) < 4.78 is 1.41. The molecular formula is C13H16ClN5O2. The van der Waals surface area contributed by atoms with Crippen molar-refractivity contribution in [3.05, 3.63) is 38.7 Å². The molecule has 0 aliphatic heterocycles. The topological polar surface area (TPSA) is 85.9 Å². The number of hydrogen-bond acceptors (Lipinski definition) is 5. The Morgan fingerprint density at radius 2 is 2.14 bits per heavy atom. The molecule has 0 amide bonds. The van der Waals surface area contributed by atoms with Crippen LogP contribution in [0.25, 0.3) is 5.82 Å². The fraction of sp³-hybridized carbons (Fsp3) is 0.385. The number of aromatic nitrogens is 3. The van der Waals surface area contributed by atoms with Crippen LogP contribution in [0.3, 0.4) is 0 Å². The van der Waals surface area contributed by atoms with Crippen molar-refractivity contribution in [1.82, 2.24) is 14.8 Å². The Morgan fingerprint density at radius 3 is 2.67 bits per heavy atom. The van der Waals surface area contributed by atoms with Gasteiger partial charge in [-0.15, -0.1) is 0 Å². The van der Waals surface area contributed by atoms with Crippen LogP contribution in [0.5, 0.6) is 0 Å². The maximum absolute atomic E-state index is 11.2. The zero-order valence-electron chi connectivity index (χ0n) is 12.1. The van der Waals surface area contributed by atoms with Gasteiger partial charge in [-0.2, -0.15) is 5.10 Å². The molecule has 0 saturated carbocycles. The zero-order chi connectivity index (χ0) is 15.6. The van der Waals surface area contributed by atoms with Gasteiger partial charge in [0.25, 0.3) is 0 Å². The van der Waals surface area contributed by atoms with Gasteiger partial charge in [0.1, 0.15) is 5.82 Å². The second-order valence-electron chi connectivity index (χ2n) is 4.62. The van der Waals surface area contributed by atoms with E-state index >= 15 is 0 Å². The van der Waals surface area contributed by atoms with Gasteiger partial charge < -0.3 is 5.32 Å². The smallest absolute Gasteiger partial charge is 0.313 e. The molecule has 7 nitrogen and oxygen atoms in total. The second kappa shape index (κ2) is 6.09. The molecule has 0 aromatic carbocycles. The highest BCUT2D eigenvalue weighted by atomic mass is 35.5. The first-order valence-electron chi connectivity index (χ1n) is 6.57. The monoisotopic (exact) mass is 309 g/mol. The average Bonchev–Trinajstić information content (AvgIpc) is 2.72. The summed E-state index contributed by atoms with van der Waals surface area (Å²) >= 11 is 6.11. The SMILES string of the molecule is CCCNc1ccc([N+](=O)[O-])c(-n2nc(C)c(Cl)c2C)n1. The summed E-state index contributed by atoms with van der Waals surface area (Å²) in [5.41, 5.74) is 1.12. The van der Waals surface area contributed by atoms with Gasteiger partial charge in [0.05, 0.1) is 21.3 Å². The predicted molar refractivity (Wildman–Crippen MR) is 81.3 cm³/mol. The van der Waals surface area contributed by atoms with Gasteiger partial charge in [0.2, 0.25) is 5.82 Å². The molecule has 0 saturated heterocycles. The lowest BCUT2D eigenvalue weighted by molar-refractivity contribution is -0.384. The minimum atomic E-state index is -0.476. The number of rotatable bonds is 5. The molecule has 0 bridgehead atoms. The first kappa shape index (κ1) is 15.2. The molecular weight excluding hydrogens is 294 g/mol. The number of aryl methyl sites for hydroxylation is 1. The normalized spacial score (nSPS) is 10.7. The van der Waals surface area contributed by atoms with Crippen molar-refractivity contribution < 1.29 is 4.92 Å². The van der Waals surface area contributed by atoms with Crippen molar-refractivity contribution in [2.75, 3.05) is 11.9 Å². The van der Waals surface area contributed by atoms with Crippen LogP contribution < -0.4 is 5.32 Å². The summed E-state index contributed by atoms with van der Waals surface area (Å²) in [4.78, 5) is 15.0. The minimum absolute atomic E-state index is 0.112. The van der Waals surface area contributed by atoms with Gasteiger partial charge in [0.15, 0.2) is 0 Å². The third kappa shape index (κ3) is 2.97. The molecule has 0 atom stereocenters. The van der Waals surface area contributed by atoms with Gasteiger partial charge >= 0.3 is 5.69 Å². The predicted octanol–water partition coefficient (Wildman–Crippen LogP) is 3.27. The molecule has 0 aliphatic rings. The van der Waals surface area contributed by atoms with Crippen LogP contribution in [0.4, 0.5) is 11.5 Å². The Kier molecular flexibility index (Phi) is 4.42. The van der Waals surface area contributed by atoms with Crippen molar-refractivity contribution >= 4 is 23.1 Å². The fourth-order valence-corrected chi connectivity index (χ4v) is 2.04. The summed E-state index contributed by atoms with van der Waals surface area (Å²) in [5.74, 6) is 0.731. The van der Waals surface area contributed by atoms with Crippen LogP contribution in [-0.2, 0) is 0 Å². The quantitative estimate of drug-likeness (QED) is 0.676. The third-order valence-electron chi connectivity index (χ3n) is 3.01. The number of anilines is 1. The largest absolute Gasteiger partial charge is 0.370 e. The Bertz CT molecular complexity index is 683. The van der Waals surface area contributed by atoms with Crippen LogP contribution in [-0.4, -0.2) is 26.2 Å². The van der Waals surface area contributed by atoms with Gasteiger partial charge in [-0.1, -0.05) is 18.5 Å². The van der Waals surface area contributed by atoms with E-state index < -0.39 is 4.92 Å². The Labute approximate surface area is 127 Å². The molecule has 2 aromatic heterocycles. The van der Waals surface area contributed by atoms with E-state index in [0.29, 0.717) is 22.2 Å². The van der Waals surface area contributed by atoms with E-state index in [1.165, 1.54) is 10.7 Å². The summed E-state index contributed by atoms with van der Waals surface area (Å²) in [5, 5.41) is 19.0. The number of nitrogens with zero attached hydrogens (tertiary/aromatic N) is 4. The molecule has 0 radical (unpaired) electrons. The molecule has 2 heterocycles. The van der Waals surface area contributed by atoms with E-state index in [0.717, 1.165) is 13.0 Å². The van der Waals surface area contributed by atoms with Gasteiger partial charge in [-0.3, -0.25) is 10.1 Å². The van der Waals surface area contributed by atoms with Gasteiger partial charge in [0, 0.05) is 12.6 Å². The summed E-state index contributed by atoms with van der Waals surface area (Å²) in [6.45, 7) is 6.26. The summed E-state index contributed by atoms with van der Waals surface area (Å²) in [6, 6.07) is 3.01. The van der Waals surface area contributed by atoms with Crippen molar-refractivity contribution in [2.45, 2.75) is 27.2 Å². The Morgan fingerprint density at radius 1 is 1.43 bits per heavy atom. The van der Waals surface area contributed by atoms with E-state index in [1.54, 1.807) is 19.9 Å². The van der Waals surface area contributed by atoms with Crippen LogP contribution in [0, 0.1) is 24.0 Å². The van der Waals surface area contributed by atoms with Crippen LogP contribution >= 0.6 is 11.6 Å². The van der Waals surface area contributed by atoms with E-state index in [2.05, 4.69) is 15.4 Å². The van der Waals surface area contributed by atoms with Crippen molar-refractivity contribution in [3.8, 4) is 5.82 Å². The number of nitrogens with one attached hydrogen (secondary N) is 1. The first-order chi connectivity index (χ1) is 9.95. The lowest BCUT2D eigenvalue weighted by Gasteiger charge is -2.08. The number of pyridine rings is 1.